The summed E-state index contributed by atoms with van der Waals surface area (Å²) < 4.78 is 126. The molecule has 0 amide bonds. The molecule has 0 N–H and O–H groups in total. The van der Waals surface area contributed by atoms with E-state index in [4.69, 9.17) is 4.74 Å². The third kappa shape index (κ3) is 5.37. The van der Waals surface area contributed by atoms with Crippen LogP contribution in [0, 0.1) is 23.7 Å². The maximum atomic E-state index is 12.9. The number of esters is 1. The van der Waals surface area contributed by atoms with Gasteiger partial charge in [0.05, 0.1) is 0 Å². The molecule has 4 atom stereocenters. The fourth-order valence-corrected chi connectivity index (χ4v) is 7.40. The second-order valence-corrected chi connectivity index (χ2v) is 12.7. The number of hydrogen-bond acceptors (Lipinski definition) is 6. The second-order valence-electron chi connectivity index (χ2n) is 8.16. The van der Waals surface area contributed by atoms with E-state index >= 15 is 0 Å². The van der Waals surface area contributed by atoms with Crippen LogP contribution in [-0.2, 0) is 29.2 Å². The van der Waals surface area contributed by atoms with Gasteiger partial charge in [-0.05, 0) is 36.5 Å². The monoisotopic (exact) mass is 500 g/mol. The van der Waals surface area contributed by atoms with Gasteiger partial charge in [-0.2, -0.15) is 26.3 Å². The molecule has 0 saturated heterocycles. The van der Waals surface area contributed by atoms with Gasteiger partial charge in [-0.15, -0.1) is 0 Å². The van der Waals surface area contributed by atoms with Crippen LogP contribution in [0.2, 0.25) is 0 Å². The zero-order valence-corrected chi connectivity index (χ0v) is 18.1. The molecule has 1 saturated carbocycles. The molecule has 2 aliphatic carbocycles. The van der Waals surface area contributed by atoms with Gasteiger partial charge in [0.2, 0.25) is 0 Å². The number of halogens is 6. The minimum Gasteiger partial charge on any atom is -0.462 e. The highest BCUT2D eigenvalue weighted by atomic mass is 32.3. The second kappa shape index (κ2) is 8.56. The Morgan fingerprint density at radius 1 is 0.968 bits per heavy atom. The predicted octanol–water partition coefficient (Wildman–Crippen LogP) is 3.74. The Morgan fingerprint density at radius 3 is 1.84 bits per heavy atom. The molecule has 0 spiro atoms. The largest absolute Gasteiger partial charge is 0.498 e. The van der Waals surface area contributed by atoms with E-state index in [1.54, 1.807) is 0 Å². The molecule has 0 aromatic heterocycles. The van der Waals surface area contributed by atoms with Crippen LogP contribution in [0.25, 0.3) is 0 Å². The zero-order valence-electron chi connectivity index (χ0n) is 16.5. The lowest BCUT2D eigenvalue weighted by Crippen LogP contribution is -2.47. The van der Waals surface area contributed by atoms with Crippen molar-refractivity contribution in [2.24, 2.45) is 23.7 Å². The lowest BCUT2D eigenvalue weighted by Gasteiger charge is -2.28. The van der Waals surface area contributed by atoms with E-state index in [-0.39, 0.29) is 18.3 Å². The molecule has 180 valence electrons. The molecule has 2 rings (SSSR count). The fraction of sp³-hybridized carbons (Fsp3) is 0.824. The van der Waals surface area contributed by atoms with Crippen LogP contribution >= 0.6 is 0 Å². The van der Waals surface area contributed by atoms with Crippen LogP contribution in [0.1, 0.15) is 39.5 Å². The van der Waals surface area contributed by atoms with Gasteiger partial charge in [-0.25, -0.2) is 16.8 Å². The summed E-state index contributed by atoms with van der Waals surface area (Å²) in [6, 6.07) is 0. The van der Waals surface area contributed by atoms with Crippen LogP contribution in [0.3, 0.4) is 0 Å². The number of carbonyl (C=O) groups is 1. The highest BCUT2D eigenvalue weighted by molar-refractivity contribution is 8.09. The molecule has 0 aromatic rings. The lowest BCUT2D eigenvalue weighted by molar-refractivity contribution is -0.152. The average Bonchev–Trinajstić information content (AvgIpc) is 3.18. The summed E-state index contributed by atoms with van der Waals surface area (Å²) in [6.07, 6.45) is 1.80. The maximum absolute atomic E-state index is 12.9. The van der Waals surface area contributed by atoms with Crippen molar-refractivity contribution in [3.63, 3.8) is 0 Å². The number of carbonyl (C=O) groups excluding carboxylic acids is 1. The van der Waals surface area contributed by atoms with E-state index in [0.29, 0.717) is 12.3 Å². The molecule has 2 bridgehead atoms. The number of ether oxygens (including phenoxy) is 1. The molecule has 1 fully saturated rings. The molecule has 2 aliphatic rings. The van der Waals surface area contributed by atoms with Crippen molar-refractivity contribution in [2.75, 3.05) is 0 Å². The highest BCUT2D eigenvalue weighted by Crippen LogP contribution is 2.45. The van der Waals surface area contributed by atoms with Crippen molar-refractivity contribution in [2.45, 2.75) is 61.2 Å². The zero-order chi connectivity index (χ0) is 24.0. The van der Waals surface area contributed by atoms with Crippen molar-refractivity contribution in [1.29, 1.82) is 0 Å². The van der Waals surface area contributed by atoms with Gasteiger partial charge in [-0.1, -0.05) is 26.0 Å². The van der Waals surface area contributed by atoms with Crippen LogP contribution in [0.15, 0.2) is 12.2 Å². The summed E-state index contributed by atoms with van der Waals surface area (Å²) in [4.78, 5) is 12.3. The molecule has 4 unspecified atom stereocenters. The maximum Gasteiger partial charge on any atom is 0.498 e. The van der Waals surface area contributed by atoms with E-state index < -0.39 is 59.7 Å². The predicted molar refractivity (Wildman–Crippen MR) is 96.5 cm³/mol. The Bertz CT molecular complexity index is 876. The molecular formula is C17H22F6O6S2. The van der Waals surface area contributed by atoms with Crippen molar-refractivity contribution in [3.05, 3.63) is 12.2 Å². The molecule has 0 aliphatic heterocycles. The number of hydrogen-bond donors (Lipinski definition) is 0. The molecule has 0 radical (unpaired) electrons. The molecule has 0 heterocycles. The first-order valence-electron chi connectivity index (χ1n) is 9.36. The molecular weight excluding hydrogens is 478 g/mol. The Hall–Kier alpha value is -1.31. The topological polar surface area (TPSA) is 94.6 Å². The van der Waals surface area contributed by atoms with Gasteiger partial charge >= 0.3 is 17.0 Å². The normalized spacial score (nSPS) is 25.4. The van der Waals surface area contributed by atoms with Crippen molar-refractivity contribution in [3.8, 4) is 0 Å². The van der Waals surface area contributed by atoms with Crippen LogP contribution in [0.5, 0.6) is 0 Å². The van der Waals surface area contributed by atoms with Gasteiger partial charge in [-0.3, -0.25) is 4.79 Å². The summed E-state index contributed by atoms with van der Waals surface area (Å²) >= 11 is 0. The Balaban J connectivity index is 2.26. The van der Waals surface area contributed by atoms with Crippen molar-refractivity contribution >= 4 is 25.6 Å². The van der Waals surface area contributed by atoms with Crippen molar-refractivity contribution < 1.29 is 52.7 Å². The molecule has 6 nitrogen and oxygen atoms in total. The molecule has 14 heteroatoms. The lowest BCUT2D eigenvalue weighted by atomic mass is 9.90. The first kappa shape index (κ1) is 25.9. The minimum atomic E-state index is -6.78. The minimum absolute atomic E-state index is 0.107. The van der Waals surface area contributed by atoms with Gasteiger partial charge in [0.1, 0.15) is 6.10 Å². The summed E-state index contributed by atoms with van der Waals surface area (Å²) in [7, 11) is -13.6. The average molecular weight is 500 g/mol. The number of allylic oxidation sites excluding steroid dienone is 2. The summed E-state index contributed by atoms with van der Waals surface area (Å²) in [5, 5.41) is 0. The smallest absolute Gasteiger partial charge is 0.462 e. The SMILES string of the molecule is CC(C)C(CC(S(=O)(=O)C(F)(F)F)S(=O)(=O)C(F)(F)F)OC(=O)CC1CC2C=CC1C2. The van der Waals surface area contributed by atoms with Crippen LogP contribution in [-0.4, -0.2) is 44.5 Å². The van der Waals surface area contributed by atoms with E-state index in [2.05, 4.69) is 0 Å². The number of sulfone groups is 2. The Morgan fingerprint density at radius 2 is 1.48 bits per heavy atom. The number of rotatable bonds is 8. The van der Waals surface area contributed by atoms with Crippen LogP contribution < -0.4 is 0 Å². The molecule has 31 heavy (non-hydrogen) atoms. The third-order valence-electron chi connectivity index (χ3n) is 5.63. The summed E-state index contributed by atoms with van der Waals surface area (Å²) in [5.74, 6) is -1.58. The first-order chi connectivity index (χ1) is 13.9. The van der Waals surface area contributed by atoms with E-state index in [1.807, 2.05) is 12.2 Å². The van der Waals surface area contributed by atoms with E-state index in [9.17, 15) is 48.0 Å². The number of fused-ring (bicyclic) bond motifs is 2. The summed E-state index contributed by atoms with van der Waals surface area (Å²) in [6.45, 7) is 2.52. The fourth-order valence-electron chi connectivity index (χ4n) is 3.92. The highest BCUT2D eigenvalue weighted by Gasteiger charge is 2.63. The van der Waals surface area contributed by atoms with E-state index in [1.165, 1.54) is 13.8 Å². The standard InChI is InChI=1S/C17H22F6O6S2/c1-9(2)13(29-14(24)7-12-6-10-3-4-11(12)5-10)8-15(30(25,26)16(18,19)20)31(27,28)17(21,22)23/h3-4,9-13,15H,5-8H2,1-2H3. The van der Waals surface area contributed by atoms with Gasteiger partial charge in [0.15, 0.2) is 4.58 Å². The van der Waals surface area contributed by atoms with Crippen molar-refractivity contribution in [1.82, 2.24) is 0 Å². The quantitative estimate of drug-likeness (QED) is 0.286. The van der Waals surface area contributed by atoms with Gasteiger partial charge < -0.3 is 4.74 Å². The first-order valence-corrected chi connectivity index (χ1v) is 12.4. The number of alkyl halides is 6. The van der Waals surface area contributed by atoms with E-state index in [0.717, 1.165) is 6.42 Å². The summed E-state index contributed by atoms with van der Waals surface area (Å²) in [5.41, 5.74) is -12.5. The Labute approximate surface area is 175 Å². The van der Waals surface area contributed by atoms with Gasteiger partial charge in [0.25, 0.3) is 19.7 Å². The molecule has 0 aromatic carbocycles. The van der Waals surface area contributed by atoms with Gasteiger partial charge in [0, 0.05) is 12.8 Å². The Kier molecular flexibility index (Phi) is 7.17. The van der Waals surface area contributed by atoms with Crippen LogP contribution in [0.4, 0.5) is 26.3 Å². The third-order valence-corrected chi connectivity index (χ3v) is 10.2.